The Hall–Kier alpha value is -3.08. The number of carbonyl (C=O) groups excluding carboxylic acids is 1. The number of primary amides is 1. The fourth-order valence-electron chi connectivity index (χ4n) is 3.48. The van der Waals surface area contributed by atoms with E-state index in [0.29, 0.717) is 0 Å². The molecule has 0 spiro atoms. The van der Waals surface area contributed by atoms with Crippen LogP contribution in [0.1, 0.15) is 16.1 Å². The van der Waals surface area contributed by atoms with Crippen molar-refractivity contribution in [2.24, 2.45) is 12.8 Å². The van der Waals surface area contributed by atoms with Crippen molar-refractivity contribution in [3.8, 4) is 5.75 Å². The molecule has 4 rings (SSSR count). The molecule has 114 valence electrons. The molecule has 2 aromatic carbocycles. The maximum Gasteiger partial charge on any atom is 0.267 e. The molecule has 4 aromatic rings. The lowest BCUT2D eigenvalue weighted by Gasteiger charge is -2.08. The maximum atomic E-state index is 11.7. The SMILES string of the molecule is Cc1c2ccnc(C(N)=O)c2cc2c3cc(O)ccc3n(C)c12. The van der Waals surface area contributed by atoms with E-state index >= 15 is 0 Å². The first-order chi connectivity index (χ1) is 11.0. The highest BCUT2D eigenvalue weighted by Crippen LogP contribution is 2.36. The zero-order valence-corrected chi connectivity index (χ0v) is 12.8. The number of aromatic hydroxyl groups is 1. The largest absolute Gasteiger partial charge is 0.508 e. The molecular weight excluding hydrogens is 290 g/mol. The van der Waals surface area contributed by atoms with E-state index in [4.69, 9.17) is 5.73 Å². The number of rotatable bonds is 1. The fourth-order valence-corrected chi connectivity index (χ4v) is 3.48. The highest BCUT2D eigenvalue weighted by molar-refractivity contribution is 6.17. The van der Waals surface area contributed by atoms with Gasteiger partial charge in [-0.15, -0.1) is 0 Å². The van der Waals surface area contributed by atoms with E-state index in [-0.39, 0.29) is 11.4 Å². The second-order valence-corrected chi connectivity index (χ2v) is 5.78. The summed E-state index contributed by atoms with van der Waals surface area (Å²) in [6.07, 6.45) is 1.61. The highest BCUT2D eigenvalue weighted by atomic mass is 16.3. The smallest absolute Gasteiger partial charge is 0.267 e. The van der Waals surface area contributed by atoms with E-state index in [9.17, 15) is 9.90 Å². The van der Waals surface area contributed by atoms with Gasteiger partial charge in [-0.05, 0) is 48.2 Å². The molecule has 2 heterocycles. The van der Waals surface area contributed by atoms with Crippen LogP contribution in [0.3, 0.4) is 0 Å². The van der Waals surface area contributed by atoms with Crippen LogP contribution in [-0.4, -0.2) is 20.6 Å². The molecule has 5 nitrogen and oxygen atoms in total. The Balaban J connectivity index is 2.32. The molecule has 0 atom stereocenters. The molecule has 0 saturated carbocycles. The third-order valence-corrected chi connectivity index (χ3v) is 4.49. The number of fused-ring (bicyclic) bond motifs is 4. The van der Waals surface area contributed by atoms with Crippen molar-refractivity contribution in [2.75, 3.05) is 0 Å². The zero-order chi connectivity index (χ0) is 16.3. The van der Waals surface area contributed by atoms with E-state index in [2.05, 4.69) is 9.55 Å². The standard InChI is InChI=1S/C18H15N3O2/c1-9-11-5-6-20-16(18(19)23)13(11)8-14-12-7-10(22)3-4-15(12)21(2)17(9)14/h3-8,22H,1-2H3,(H2,19,23). The number of phenolic OH excluding ortho intramolecular Hbond substituents is 1. The molecule has 0 aliphatic carbocycles. The summed E-state index contributed by atoms with van der Waals surface area (Å²) in [7, 11) is 2.00. The Morgan fingerprint density at radius 3 is 2.65 bits per heavy atom. The van der Waals surface area contributed by atoms with Crippen LogP contribution in [0.4, 0.5) is 0 Å². The van der Waals surface area contributed by atoms with Crippen molar-refractivity contribution in [3.63, 3.8) is 0 Å². The van der Waals surface area contributed by atoms with Gasteiger partial charge in [0.05, 0.1) is 5.52 Å². The normalized spacial score (nSPS) is 11.6. The Morgan fingerprint density at radius 2 is 1.91 bits per heavy atom. The van der Waals surface area contributed by atoms with Crippen molar-refractivity contribution in [1.29, 1.82) is 0 Å². The Bertz CT molecular complexity index is 1130. The average molecular weight is 305 g/mol. The van der Waals surface area contributed by atoms with E-state index in [1.54, 1.807) is 18.3 Å². The zero-order valence-electron chi connectivity index (χ0n) is 12.8. The quantitative estimate of drug-likeness (QED) is 0.567. The van der Waals surface area contributed by atoms with E-state index in [1.807, 2.05) is 32.2 Å². The van der Waals surface area contributed by atoms with Gasteiger partial charge in [0.2, 0.25) is 0 Å². The molecule has 0 fully saturated rings. The Morgan fingerprint density at radius 1 is 1.13 bits per heavy atom. The molecular formula is C18H15N3O2. The van der Waals surface area contributed by atoms with Gasteiger partial charge in [-0.25, -0.2) is 0 Å². The number of hydrogen-bond acceptors (Lipinski definition) is 3. The first kappa shape index (κ1) is 13.6. The lowest BCUT2D eigenvalue weighted by atomic mass is 10.00. The molecule has 5 heteroatoms. The second-order valence-electron chi connectivity index (χ2n) is 5.78. The lowest BCUT2D eigenvalue weighted by Crippen LogP contribution is -2.13. The van der Waals surface area contributed by atoms with Gasteiger partial charge in [0.1, 0.15) is 11.4 Å². The molecule has 1 amide bonds. The van der Waals surface area contributed by atoms with E-state index < -0.39 is 5.91 Å². The van der Waals surface area contributed by atoms with Crippen LogP contribution in [-0.2, 0) is 7.05 Å². The number of amides is 1. The highest BCUT2D eigenvalue weighted by Gasteiger charge is 2.16. The van der Waals surface area contributed by atoms with Crippen LogP contribution in [0, 0.1) is 6.92 Å². The van der Waals surface area contributed by atoms with Gasteiger partial charge in [0.25, 0.3) is 5.91 Å². The summed E-state index contributed by atoms with van der Waals surface area (Å²) in [6, 6.07) is 9.14. The molecule has 23 heavy (non-hydrogen) atoms. The van der Waals surface area contributed by atoms with Crippen molar-refractivity contribution in [2.45, 2.75) is 6.92 Å². The summed E-state index contributed by atoms with van der Waals surface area (Å²) in [5.74, 6) is -0.332. The minimum absolute atomic E-state index is 0.212. The number of hydrogen-bond donors (Lipinski definition) is 2. The first-order valence-corrected chi connectivity index (χ1v) is 7.28. The number of benzene rings is 2. The minimum atomic E-state index is -0.544. The number of pyridine rings is 1. The second kappa shape index (κ2) is 4.46. The van der Waals surface area contributed by atoms with Crippen LogP contribution >= 0.6 is 0 Å². The molecule has 2 aromatic heterocycles. The number of aromatic nitrogens is 2. The van der Waals surface area contributed by atoms with Crippen LogP contribution in [0.15, 0.2) is 36.5 Å². The van der Waals surface area contributed by atoms with Crippen molar-refractivity contribution >= 4 is 38.5 Å². The summed E-state index contributed by atoms with van der Waals surface area (Å²) in [4.78, 5) is 15.8. The number of nitrogens with zero attached hydrogens (tertiary/aromatic N) is 2. The van der Waals surface area contributed by atoms with Gasteiger partial charge in [-0.2, -0.15) is 0 Å². The predicted octanol–water partition coefficient (Wildman–Crippen LogP) is 2.99. The topological polar surface area (TPSA) is 81.1 Å². The average Bonchev–Trinajstić information content (AvgIpc) is 2.79. The third-order valence-electron chi connectivity index (χ3n) is 4.49. The van der Waals surface area contributed by atoms with Gasteiger partial charge in [0, 0.05) is 34.9 Å². The summed E-state index contributed by atoms with van der Waals surface area (Å²) >= 11 is 0. The van der Waals surface area contributed by atoms with E-state index in [1.165, 1.54) is 0 Å². The van der Waals surface area contributed by atoms with Crippen molar-refractivity contribution < 1.29 is 9.90 Å². The van der Waals surface area contributed by atoms with Gasteiger partial charge >= 0.3 is 0 Å². The molecule has 0 saturated heterocycles. The van der Waals surface area contributed by atoms with Gasteiger partial charge in [0.15, 0.2) is 0 Å². The number of nitrogens with two attached hydrogens (primary N) is 1. The summed E-state index contributed by atoms with van der Waals surface area (Å²) in [6.45, 7) is 2.02. The van der Waals surface area contributed by atoms with Crippen LogP contribution in [0.2, 0.25) is 0 Å². The van der Waals surface area contributed by atoms with Crippen molar-refractivity contribution in [3.05, 3.63) is 47.8 Å². The lowest BCUT2D eigenvalue weighted by molar-refractivity contribution is 0.0997. The van der Waals surface area contributed by atoms with Crippen LogP contribution < -0.4 is 5.73 Å². The molecule has 0 radical (unpaired) electrons. The summed E-state index contributed by atoms with van der Waals surface area (Å²) in [5, 5.41) is 13.4. The van der Waals surface area contributed by atoms with Crippen LogP contribution in [0.5, 0.6) is 5.75 Å². The number of aryl methyl sites for hydroxylation is 2. The maximum absolute atomic E-state index is 11.7. The molecule has 3 N–H and O–H groups in total. The Kier molecular flexibility index (Phi) is 2.63. The van der Waals surface area contributed by atoms with Gasteiger partial charge in [-0.1, -0.05) is 0 Å². The summed E-state index contributed by atoms with van der Waals surface area (Å²) < 4.78 is 2.10. The van der Waals surface area contributed by atoms with Gasteiger partial charge < -0.3 is 15.4 Å². The molecule has 0 bridgehead atoms. The Labute approximate surface area is 132 Å². The first-order valence-electron chi connectivity index (χ1n) is 7.28. The van der Waals surface area contributed by atoms with Crippen LogP contribution in [0.25, 0.3) is 32.6 Å². The monoisotopic (exact) mass is 305 g/mol. The fraction of sp³-hybridized carbons (Fsp3) is 0.111. The number of phenols is 1. The molecule has 0 aliphatic heterocycles. The summed E-state index contributed by atoms with van der Waals surface area (Å²) in [5.41, 5.74) is 8.88. The predicted molar refractivity (Wildman–Crippen MR) is 90.6 cm³/mol. The third kappa shape index (κ3) is 1.73. The van der Waals surface area contributed by atoms with Gasteiger partial charge in [-0.3, -0.25) is 9.78 Å². The minimum Gasteiger partial charge on any atom is -0.508 e. The molecule has 0 unspecified atom stereocenters. The van der Waals surface area contributed by atoms with Crippen molar-refractivity contribution in [1.82, 2.24) is 9.55 Å². The van der Waals surface area contributed by atoms with E-state index in [0.717, 1.165) is 38.1 Å². The molecule has 0 aliphatic rings. The number of carbonyl (C=O) groups is 1.